The van der Waals surface area contributed by atoms with E-state index in [1.165, 1.54) is 13.8 Å². The highest BCUT2D eigenvalue weighted by Crippen LogP contribution is 2.12. The van der Waals surface area contributed by atoms with Gasteiger partial charge in [-0.1, -0.05) is 13.8 Å². The van der Waals surface area contributed by atoms with Gasteiger partial charge in [-0.25, -0.2) is 0 Å². The van der Waals surface area contributed by atoms with E-state index in [0.29, 0.717) is 12.8 Å². The van der Waals surface area contributed by atoms with Gasteiger partial charge in [0.1, 0.15) is 18.1 Å². The van der Waals surface area contributed by atoms with Crippen LogP contribution in [-0.2, 0) is 28.8 Å². The number of aliphatic hydroxyl groups is 1. The van der Waals surface area contributed by atoms with E-state index in [-0.39, 0.29) is 37.7 Å². The van der Waals surface area contributed by atoms with Crippen molar-refractivity contribution in [2.24, 2.45) is 33.8 Å². The van der Waals surface area contributed by atoms with Crippen molar-refractivity contribution in [1.29, 1.82) is 0 Å². The number of primary amides is 2. The summed E-state index contributed by atoms with van der Waals surface area (Å²) in [5, 5.41) is 20.8. The van der Waals surface area contributed by atoms with E-state index >= 15 is 0 Å². The molecule has 0 unspecified atom stereocenters. The summed E-state index contributed by atoms with van der Waals surface area (Å²) >= 11 is 0. The number of rotatable bonds is 19. The number of nitrogens with one attached hydrogen (secondary N) is 4. The highest BCUT2D eigenvalue weighted by atomic mass is 16.3. The fourth-order valence-corrected chi connectivity index (χ4v) is 3.68. The van der Waals surface area contributed by atoms with E-state index in [1.807, 2.05) is 13.8 Å². The lowest BCUT2D eigenvalue weighted by Gasteiger charge is -2.28. The molecule has 13 N–H and O–H groups in total. The Morgan fingerprint density at radius 2 is 1.45 bits per heavy atom. The monoisotopic (exact) mass is 571 g/mol. The van der Waals surface area contributed by atoms with Crippen LogP contribution in [0.2, 0.25) is 0 Å². The predicted molar refractivity (Wildman–Crippen MR) is 147 cm³/mol. The number of guanidine groups is 1. The fourth-order valence-electron chi connectivity index (χ4n) is 3.68. The molecule has 0 aliphatic rings. The van der Waals surface area contributed by atoms with Gasteiger partial charge < -0.3 is 49.3 Å². The van der Waals surface area contributed by atoms with Gasteiger partial charge in [-0.2, -0.15) is 0 Å². The summed E-state index contributed by atoms with van der Waals surface area (Å²) in [6.07, 6.45) is -1.19. The molecule has 5 atom stereocenters. The second-order valence-electron chi connectivity index (χ2n) is 9.98. The van der Waals surface area contributed by atoms with Crippen LogP contribution in [0.25, 0.3) is 0 Å². The molecule has 0 heterocycles. The van der Waals surface area contributed by atoms with Gasteiger partial charge in [-0.15, -0.1) is 0 Å². The number of hydrogen-bond acceptors (Lipinski definition) is 8. The molecule has 0 spiro atoms. The van der Waals surface area contributed by atoms with Crippen LogP contribution in [0.4, 0.5) is 0 Å². The van der Waals surface area contributed by atoms with Crippen LogP contribution < -0.4 is 44.2 Å². The van der Waals surface area contributed by atoms with E-state index in [1.54, 1.807) is 0 Å². The quantitative estimate of drug-likeness (QED) is 0.0423. The van der Waals surface area contributed by atoms with Gasteiger partial charge in [0.05, 0.1) is 18.6 Å². The van der Waals surface area contributed by atoms with Gasteiger partial charge in [-0.05, 0) is 38.5 Å². The number of carbonyl (C=O) groups excluding carboxylic acids is 6. The molecule has 0 saturated carbocycles. The maximum Gasteiger partial charge on any atom is 0.243 e. The van der Waals surface area contributed by atoms with E-state index in [9.17, 15) is 33.9 Å². The highest BCUT2D eigenvalue weighted by Gasteiger charge is 2.29. The first-order chi connectivity index (χ1) is 18.5. The van der Waals surface area contributed by atoms with Crippen molar-refractivity contribution in [3.63, 3.8) is 0 Å². The maximum absolute atomic E-state index is 12.9. The fraction of sp³-hybridized carbons (Fsp3) is 0.708. The first-order valence-corrected chi connectivity index (χ1v) is 13.0. The van der Waals surface area contributed by atoms with Crippen LogP contribution >= 0.6 is 0 Å². The zero-order chi connectivity index (χ0) is 31.0. The number of aliphatic hydroxyl groups excluding tert-OH is 1. The Balaban J connectivity index is 5.25. The van der Waals surface area contributed by atoms with E-state index in [2.05, 4.69) is 26.3 Å². The molecule has 16 heteroatoms. The molecule has 0 aliphatic carbocycles. The first-order valence-electron chi connectivity index (χ1n) is 13.0. The van der Waals surface area contributed by atoms with Crippen LogP contribution in [0.15, 0.2) is 4.99 Å². The molecule has 0 rings (SSSR count). The number of nitrogens with zero attached hydrogens (tertiary/aromatic N) is 1. The van der Waals surface area contributed by atoms with Gasteiger partial charge in [-0.3, -0.25) is 33.8 Å². The van der Waals surface area contributed by atoms with Crippen molar-refractivity contribution in [2.45, 2.75) is 96.5 Å². The molecular formula is C24H45N9O7. The van der Waals surface area contributed by atoms with Crippen LogP contribution in [-0.4, -0.2) is 83.3 Å². The number of nitrogens with two attached hydrogens (primary N) is 4. The first kappa shape index (κ1) is 36.0. The topological polar surface area (TPSA) is 287 Å². The number of carbonyl (C=O) groups is 6. The van der Waals surface area contributed by atoms with E-state index in [0.717, 1.165) is 0 Å². The largest absolute Gasteiger partial charge is 0.390 e. The third-order valence-electron chi connectivity index (χ3n) is 5.66. The second-order valence-corrected chi connectivity index (χ2v) is 9.98. The summed E-state index contributed by atoms with van der Waals surface area (Å²) in [6, 6.07) is -4.02. The van der Waals surface area contributed by atoms with Crippen molar-refractivity contribution in [2.75, 3.05) is 6.54 Å². The van der Waals surface area contributed by atoms with Crippen LogP contribution in [0.3, 0.4) is 0 Å². The summed E-state index contributed by atoms with van der Waals surface area (Å²) in [7, 11) is 0. The van der Waals surface area contributed by atoms with Crippen LogP contribution in [0, 0.1) is 5.92 Å². The second kappa shape index (κ2) is 18.4. The molecule has 6 amide bonds. The zero-order valence-corrected chi connectivity index (χ0v) is 23.6. The minimum atomic E-state index is -1.35. The van der Waals surface area contributed by atoms with Gasteiger partial charge >= 0.3 is 0 Å². The summed E-state index contributed by atoms with van der Waals surface area (Å²) in [5.74, 6) is -4.01. The minimum absolute atomic E-state index is 0.0104. The minimum Gasteiger partial charge on any atom is -0.390 e. The molecule has 0 fully saturated rings. The standard InChI is InChI=1S/C24H45N9O7/c1-12(2)10-17(18(35)11-20(37)32-15(21(26)38)7-8-19(25)36)33-22(39)13(3)30-23(40)16(31-14(4)34)6-5-9-29-24(27)28/h12-13,15-18,35H,5-11H2,1-4H3,(H2,25,36)(H2,26,38)(H,30,40)(H,31,34)(H,32,37)(H,33,39)(H4,27,28,29)/t13-,15-,16-,17-,18-/m0/s1. The molecule has 0 bridgehead atoms. The van der Waals surface area contributed by atoms with E-state index in [4.69, 9.17) is 22.9 Å². The Bertz CT molecular complexity index is 922. The molecular weight excluding hydrogens is 526 g/mol. The Hall–Kier alpha value is -3.95. The summed E-state index contributed by atoms with van der Waals surface area (Å²) in [5.41, 5.74) is 20.9. The molecule has 0 aliphatic heterocycles. The van der Waals surface area contributed by atoms with Crippen LogP contribution in [0.5, 0.6) is 0 Å². The molecule has 0 saturated heterocycles. The lowest BCUT2D eigenvalue weighted by Crippen LogP contribution is -2.55. The average molecular weight is 572 g/mol. The molecule has 16 nitrogen and oxygen atoms in total. The lowest BCUT2D eigenvalue weighted by atomic mass is 9.96. The highest BCUT2D eigenvalue weighted by molar-refractivity contribution is 5.92. The number of aliphatic imine (C=N–C) groups is 1. The van der Waals surface area contributed by atoms with Crippen molar-refractivity contribution in [1.82, 2.24) is 21.3 Å². The predicted octanol–water partition coefficient (Wildman–Crippen LogP) is -3.43. The average Bonchev–Trinajstić information content (AvgIpc) is 2.81. The van der Waals surface area contributed by atoms with Crippen molar-refractivity contribution < 1.29 is 33.9 Å². The summed E-state index contributed by atoms with van der Waals surface area (Å²) in [6.45, 7) is 6.63. The molecule has 40 heavy (non-hydrogen) atoms. The van der Waals surface area contributed by atoms with Crippen LogP contribution in [0.1, 0.15) is 66.2 Å². The molecule has 228 valence electrons. The van der Waals surface area contributed by atoms with E-state index < -0.39 is 72.1 Å². The Morgan fingerprint density at radius 1 is 0.825 bits per heavy atom. The normalized spacial score (nSPS) is 14.6. The maximum atomic E-state index is 12.9. The lowest BCUT2D eigenvalue weighted by molar-refractivity contribution is -0.132. The Labute approximate surface area is 233 Å². The SMILES string of the molecule is CC(=O)N[C@@H](CCCN=C(N)N)C(=O)N[C@@H](C)C(=O)N[C@@H](CC(C)C)[C@@H](O)CC(=O)N[C@@H](CCC(N)=O)C(N)=O. The zero-order valence-electron chi connectivity index (χ0n) is 23.6. The smallest absolute Gasteiger partial charge is 0.243 e. The van der Waals surface area contributed by atoms with Gasteiger partial charge in [0.2, 0.25) is 35.4 Å². The molecule has 0 aromatic carbocycles. The molecule has 0 aromatic rings. The summed E-state index contributed by atoms with van der Waals surface area (Å²) in [4.78, 5) is 76.1. The van der Waals surface area contributed by atoms with Gasteiger partial charge in [0, 0.05) is 19.9 Å². The Morgan fingerprint density at radius 3 is 1.95 bits per heavy atom. The van der Waals surface area contributed by atoms with Gasteiger partial charge in [0.25, 0.3) is 0 Å². The molecule has 0 aromatic heterocycles. The number of amides is 6. The number of hydrogen-bond donors (Lipinski definition) is 9. The Kier molecular flexibility index (Phi) is 16.5. The summed E-state index contributed by atoms with van der Waals surface area (Å²) < 4.78 is 0. The van der Waals surface area contributed by atoms with Crippen molar-refractivity contribution >= 4 is 41.4 Å². The third-order valence-corrected chi connectivity index (χ3v) is 5.66. The van der Waals surface area contributed by atoms with Crippen molar-refractivity contribution in [3.8, 4) is 0 Å². The molecule has 0 radical (unpaired) electrons. The van der Waals surface area contributed by atoms with Gasteiger partial charge in [0.15, 0.2) is 5.96 Å². The van der Waals surface area contributed by atoms with Crippen molar-refractivity contribution in [3.05, 3.63) is 0 Å². The third kappa shape index (κ3) is 16.1.